The van der Waals surface area contributed by atoms with Gasteiger partial charge in [0, 0.05) is 26.7 Å². The number of aromatic nitrogens is 1. The molecule has 2 aromatic rings. The molecule has 1 aromatic heterocycles. The first kappa shape index (κ1) is 17.2. The second kappa shape index (κ2) is 6.48. The molecule has 2 heterocycles. The smallest absolute Gasteiger partial charge is 0.216 e. The molecule has 0 bridgehead atoms. The lowest BCUT2D eigenvalue weighted by molar-refractivity contribution is 0.327. The van der Waals surface area contributed by atoms with Gasteiger partial charge < -0.3 is 4.90 Å². The number of anilines is 1. The molecule has 0 radical (unpaired) electrons. The summed E-state index contributed by atoms with van der Waals surface area (Å²) in [6.07, 6.45) is 3.52. The summed E-state index contributed by atoms with van der Waals surface area (Å²) in [6.45, 7) is 2.34. The maximum atomic E-state index is 13.3. The third-order valence-electron chi connectivity index (χ3n) is 5.12. The molecule has 0 unspecified atom stereocenters. The fourth-order valence-corrected chi connectivity index (χ4v) is 6.12. The molecule has 2 aliphatic rings. The number of halogens is 1. The summed E-state index contributed by atoms with van der Waals surface area (Å²) in [5.74, 6) is 0.155. The summed E-state index contributed by atoms with van der Waals surface area (Å²) in [6, 6.07) is 4.68. The minimum absolute atomic E-state index is 0.138. The van der Waals surface area contributed by atoms with E-state index in [9.17, 15) is 12.8 Å². The predicted octanol–water partition coefficient (Wildman–Crippen LogP) is 3.08. The van der Waals surface area contributed by atoms with E-state index in [2.05, 4.69) is 9.88 Å². The Balaban J connectivity index is 1.37. The minimum Gasteiger partial charge on any atom is -0.348 e. The molecule has 1 aliphatic carbocycles. The van der Waals surface area contributed by atoms with Crippen LogP contribution in [0.4, 0.5) is 9.52 Å². The van der Waals surface area contributed by atoms with Gasteiger partial charge in [0.15, 0.2) is 5.13 Å². The first-order valence-corrected chi connectivity index (χ1v) is 11.0. The van der Waals surface area contributed by atoms with E-state index >= 15 is 0 Å². The Morgan fingerprint density at radius 2 is 2.00 bits per heavy atom. The summed E-state index contributed by atoms with van der Waals surface area (Å²) in [5.41, 5.74) is 0.832. The lowest BCUT2D eigenvalue weighted by Crippen LogP contribution is -2.40. The second-order valence-electron chi connectivity index (χ2n) is 7.06. The summed E-state index contributed by atoms with van der Waals surface area (Å²) < 4.78 is 40.3. The van der Waals surface area contributed by atoms with E-state index in [0.29, 0.717) is 12.5 Å². The molecule has 25 heavy (non-hydrogen) atoms. The zero-order valence-electron chi connectivity index (χ0n) is 14.2. The van der Waals surface area contributed by atoms with Crippen LogP contribution in [0.2, 0.25) is 0 Å². The Labute approximate surface area is 151 Å². The first-order valence-electron chi connectivity index (χ1n) is 8.69. The fraction of sp³-hybridized carbons (Fsp3) is 0.588. The third kappa shape index (κ3) is 3.52. The van der Waals surface area contributed by atoms with Crippen molar-refractivity contribution in [1.82, 2.24) is 9.29 Å². The molecular formula is C17H22FN3O2S2. The van der Waals surface area contributed by atoms with Gasteiger partial charge in [0.05, 0.1) is 15.5 Å². The Morgan fingerprint density at radius 3 is 2.68 bits per heavy atom. The van der Waals surface area contributed by atoms with Crippen LogP contribution in [0.3, 0.4) is 0 Å². The van der Waals surface area contributed by atoms with Crippen LogP contribution in [-0.4, -0.2) is 49.6 Å². The largest absolute Gasteiger partial charge is 0.348 e. The van der Waals surface area contributed by atoms with Gasteiger partial charge in [-0.15, -0.1) is 0 Å². The van der Waals surface area contributed by atoms with Crippen molar-refractivity contribution in [3.63, 3.8) is 0 Å². The van der Waals surface area contributed by atoms with Crippen LogP contribution in [0.5, 0.6) is 0 Å². The molecular weight excluding hydrogens is 361 g/mol. The fourth-order valence-electron chi connectivity index (χ4n) is 3.42. The quantitative estimate of drug-likeness (QED) is 0.796. The van der Waals surface area contributed by atoms with Gasteiger partial charge in [0.2, 0.25) is 10.0 Å². The first-order chi connectivity index (χ1) is 11.9. The SMILES string of the molecule is CN(CC1CCN(c2nc3ccc(F)cc3s2)CC1)S(=O)(=O)C1CC1. The van der Waals surface area contributed by atoms with Crippen LogP contribution in [0.1, 0.15) is 25.7 Å². The second-order valence-corrected chi connectivity index (χ2v) is 10.4. The van der Waals surface area contributed by atoms with Crippen LogP contribution in [0.25, 0.3) is 10.2 Å². The van der Waals surface area contributed by atoms with Crippen LogP contribution < -0.4 is 4.90 Å². The summed E-state index contributed by atoms with van der Waals surface area (Å²) in [5, 5.41) is 0.790. The van der Waals surface area contributed by atoms with E-state index in [1.807, 2.05) is 0 Å². The number of fused-ring (bicyclic) bond motifs is 1. The van der Waals surface area contributed by atoms with Crippen LogP contribution >= 0.6 is 11.3 Å². The molecule has 0 spiro atoms. The average molecular weight is 384 g/mol. The molecule has 1 saturated heterocycles. The monoisotopic (exact) mass is 383 g/mol. The molecule has 0 amide bonds. The van der Waals surface area contributed by atoms with Crippen molar-refractivity contribution < 1.29 is 12.8 Å². The molecule has 0 N–H and O–H groups in total. The Hall–Kier alpha value is -1.25. The molecule has 8 heteroatoms. The molecule has 1 saturated carbocycles. The Morgan fingerprint density at radius 1 is 1.28 bits per heavy atom. The van der Waals surface area contributed by atoms with Crippen molar-refractivity contribution in [3.05, 3.63) is 24.0 Å². The average Bonchev–Trinajstić information content (AvgIpc) is 3.36. The number of benzene rings is 1. The van der Waals surface area contributed by atoms with E-state index < -0.39 is 10.0 Å². The van der Waals surface area contributed by atoms with E-state index in [1.54, 1.807) is 17.4 Å². The van der Waals surface area contributed by atoms with Crippen molar-refractivity contribution >= 4 is 36.7 Å². The lowest BCUT2D eigenvalue weighted by Gasteiger charge is -2.33. The molecule has 0 atom stereocenters. The molecule has 1 aliphatic heterocycles. The number of rotatable bonds is 5. The van der Waals surface area contributed by atoms with Crippen LogP contribution in [0, 0.1) is 11.7 Å². The number of hydrogen-bond donors (Lipinski definition) is 0. The van der Waals surface area contributed by atoms with Gasteiger partial charge in [-0.05, 0) is 49.8 Å². The number of sulfonamides is 1. The van der Waals surface area contributed by atoms with Gasteiger partial charge in [-0.2, -0.15) is 0 Å². The van der Waals surface area contributed by atoms with Crippen molar-refractivity contribution in [3.8, 4) is 0 Å². The highest BCUT2D eigenvalue weighted by Crippen LogP contribution is 2.34. The predicted molar refractivity (Wildman–Crippen MR) is 99.1 cm³/mol. The normalized spacial score (nSPS) is 19.9. The summed E-state index contributed by atoms with van der Waals surface area (Å²) >= 11 is 1.52. The van der Waals surface area contributed by atoms with E-state index in [-0.39, 0.29) is 11.1 Å². The minimum atomic E-state index is -3.08. The zero-order chi connectivity index (χ0) is 17.6. The molecule has 4 rings (SSSR count). The van der Waals surface area contributed by atoms with E-state index in [1.165, 1.54) is 23.5 Å². The van der Waals surface area contributed by atoms with Crippen molar-refractivity contribution in [1.29, 1.82) is 0 Å². The van der Waals surface area contributed by atoms with Gasteiger partial charge >= 0.3 is 0 Å². The number of nitrogens with zero attached hydrogens (tertiary/aromatic N) is 3. The van der Waals surface area contributed by atoms with E-state index in [4.69, 9.17) is 0 Å². The number of hydrogen-bond acceptors (Lipinski definition) is 5. The molecule has 2 fully saturated rings. The van der Waals surface area contributed by atoms with Gasteiger partial charge in [0.25, 0.3) is 0 Å². The third-order valence-corrected chi connectivity index (χ3v) is 8.53. The highest BCUT2D eigenvalue weighted by atomic mass is 32.2. The maximum absolute atomic E-state index is 13.3. The Bertz CT molecular complexity index is 871. The van der Waals surface area contributed by atoms with Crippen molar-refractivity contribution in [2.75, 3.05) is 31.6 Å². The molecule has 1 aromatic carbocycles. The van der Waals surface area contributed by atoms with Crippen molar-refractivity contribution in [2.24, 2.45) is 5.92 Å². The standard InChI is InChI=1S/C17H22FN3O2S2/c1-20(25(22,23)14-3-4-14)11-12-6-8-21(9-7-12)17-19-15-5-2-13(18)10-16(15)24-17/h2,5,10,12,14H,3-4,6-9,11H2,1H3. The van der Waals surface area contributed by atoms with Gasteiger partial charge in [-0.3, -0.25) is 0 Å². The van der Waals surface area contributed by atoms with Gasteiger partial charge in [-0.1, -0.05) is 11.3 Å². The zero-order valence-corrected chi connectivity index (χ0v) is 15.8. The number of piperidine rings is 1. The van der Waals surface area contributed by atoms with E-state index in [0.717, 1.165) is 54.1 Å². The summed E-state index contributed by atoms with van der Waals surface area (Å²) in [4.78, 5) is 6.84. The van der Waals surface area contributed by atoms with Gasteiger partial charge in [0.1, 0.15) is 5.82 Å². The molecule has 5 nitrogen and oxygen atoms in total. The lowest BCUT2D eigenvalue weighted by atomic mass is 9.97. The van der Waals surface area contributed by atoms with Crippen LogP contribution in [0.15, 0.2) is 18.2 Å². The van der Waals surface area contributed by atoms with Gasteiger partial charge in [-0.25, -0.2) is 22.1 Å². The van der Waals surface area contributed by atoms with Crippen LogP contribution in [-0.2, 0) is 10.0 Å². The Kier molecular flexibility index (Phi) is 4.45. The maximum Gasteiger partial charge on any atom is 0.216 e. The number of thiazole rings is 1. The highest BCUT2D eigenvalue weighted by Gasteiger charge is 2.39. The van der Waals surface area contributed by atoms with Crippen molar-refractivity contribution in [2.45, 2.75) is 30.9 Å². The topological polar surface area (TPSA) is 53.5 Å². The summed E-state index contributed by atoms with van der Waals surface area (Å²) in [7, 11) is -1.37. The highest BCUT2D eigenvalue weighted by molar-refractivity contribution is 7.90. The molecule has 136 valence electrons.